The first kappa shape index (κ1) is 15.6. The number of fused-ring (bicyclic) bond motifs is 2. The number of phenols is 2. The molecule has 24 heavy (non-hydrogen) atoms. The third kappa shape index (κ3) is 2.58. The van der Waals surface area contributed by atoms with Crippen LogP contribution in [0.25, 0.3) is 0 Å². The maximum atomic E-state index is 9.91. The van der Waals surface area contributed by atoms with Crippen LogP contribution in [0.4, 0.5) is 0 Å². The molecule has 3 atom stereocenters. The number of rotatable bonds is 3. The van der Waals surface area contributed by atoms with E-state index < -0.39 is 0 Å². The Hall–Kier alpha value is -1.96. The lowest BCUT2D eigenvalue weighted by Crippen LogP contribution is -2.20. The molecule has 2 fully saturated rings. The highest BCUT2D eigenvalue weighted by Crippen LogP contribution is 2.55. The van der Waals surface area contributed by atoms with E-state index >= 15 is 0 Å². The van der Waals surface area contributed by atoms with Crippen molar-refractivity contribution in [2.75, 3.05) is 0 Å². The Morgan fingerprint density at radius 2 is 1.42 bits per heavy atom. The highest BCUT2D eigenvalue weighted by atomic mass is 16.3. The number of aryl methyl sites for hydroxylation is 2. The van der Waals surface area contributed by atoms with Gasteiger partial charge in [0.2, 0.25) is 0 Å². The molecule has 2 N–H and O–H groups in total. The topological polar surface area (TPSA) is 40.5 Å². The minimum atomic E-state index is 0.360. The summed E-state index contributed by atoms with van der Waals surface area (Å²) in [6.07, 6.45) is 5.46. The van der Waals surface area contributed by atoms with E-state index in [1.807, 2.05) is 26.0 Å². The molecule has 0 saturated heterocycles. The molecular weight excluding hydrogens is 296 g/mol. The third-order valence-electron chi connectivity index (χ3n) is 6.38. The lowest BCUT2D eigenvalue weighted by Gasteiger charge is -2.32. The molecule has 0 amide bonds. The molecule has 2 aliphatic carbocycles. The summed E-state index contributed by atoms with van der Waals surface area (Å²) in [5.74, 6) is 3.50. The van der Waals surface area contributed by atoms with Crippen molar-refractivity contribution in [2.45, 2.75) is 45.4 Å². The van der Waals surface area contributed by atoms with E-state index in [9.17, 15) is 10.2 Å². The first-order chi connectivity index (χ1) is 11.5. The number of benzene rings is 2. The molecule has 0 spiro atoms. The third-order valence-corrected chi connectivity index (χ3v) is 6.38. The average Bonchev–Trinajstić information content (AvgIpc) is 3.17. The molecule has 2 nitrogen and oxygen atoms in total. The normalized spacial score (nSPS) is 25.5. The molecular formula is C22H26O2. The first-order valence-electron chi connectivity index (χ1n) is 9.12. The highest BCUT2D eigenvalue weighted by Gasteiger charge is 2.44. The lowest BCUT2D eigenvalue weighted by molar-refractivity contribution is 0.302. The summed E-state index contributed by atoms with van der Waals surface area (Å²) in [4.78, 5) is 0. The van der Waals surface area contributed by atoms with Gasteiger partial charge in [0.25, 0.3) is 0 Å². The fourth-order valence-corrected chi connectivity index (χ4v) is 5.13. The van der Waals surface area contributed by atoms with Crippen molar-refractivity contribution in [1.29, 1.82) is 0 Å². The number of phenolic OH excluding ortho intramolecular Hbond substituents is 2. The monoisotopic (exact) mass is 322 g/mol. The number of aromatic hydroxyl groups is 2. The van der Waals surface area contributed by atoms with Gasteiger partial charge in [-0.2, -0.15) is 0 Å². The van der Waals surface area contributed by atoms with Gasteiger partial charge < -0.3 is 10.2 Å². The van der Waals surface area contributed by atoms with Crippen LogP contribution in [0.1, 0.15) is 53.9 Å². The van der Waals surface area contributed by atoms with Crippen LogP contribution in [0.3, 0.4) is 0 Å². The fourth-order valence-electron chi connectivity index (χ4n) is 5.13. The highest BCUT2D eigenvalue weighted by molar-refractivity contribution is 5.44. The summed E-state index contributed by atoms with van der Waals surface area (Å²) in [6, 6.07) is 12.1. The van der Waals surface area contributed by atoms with Crippen LogP contribution in [0.2, 0.25) is 0 Å². The maximum Gasteiger partial charge on any atom is 0.118 e. The standard InChI is InChI=1S/C22H26O2/c1-13-9-17(5-7-20(13)23)22(18-6-8-21(24)14(2)10-18)19-12-15-3-4-16(19)11-15/h5-10,15-16,19,22-24H,3-4,11-12H2,1-2H3. The predicted octanol–water partition coefficient (Wildman–Crippen LogP) is 5.28. The quantitative estimate of drug-likeness (QED) is 0.807. The second kappa shape index (κ2) is 5.84. The first-order valence-corrected chi connectivity index (χ1v) is 9.12. The molecule has 3 unspecified atom stereocenters. The van der Waals surface area contributed by atoms with Crippen LogP contribution in [0, 0.1) is 31.6 Å². The molecule has 2 aromatic rings. The summed E-state index contributed by atoms with van der Waals surface area (Å²) in [5, 5.41) is 19.8. The zero-order valence-corrected chi connectivity index (χ0v) is 14.5. The van der Waals surface area contributed by atoms with E-state index in [1.165, 1.54) is 36.8 Å². The van der Waals surface area contributed by atoms with Gasteiger partial charge in [-0.05, 0) is 85.3 Å². The summed E-state index contributed by atoms with van der Waals surface area (Å²) < 4.78 is 0. The van der Waals surface area contributed by atoms with E-state index in [0.29, 0.717) is 23.3 Å². The second-order valence-corrected chi connectivity index (χ2v) is 7.91. The van der Waals surface area contributed by atoms with Crippen LogP contribution in [0.15, 0.2) is 36.4 Å². The molecule has 2 saturated carbocycles. The number of hydrogen-bond acceptors (Lipinski definition) is 2. The van der Waals surface area contributed by atoms with Crippen molar-refractivity contribution in [3.8, 4) is 11.5 Å². The van der Waals surface area contributed by atoms with Crippen molar-refractivity contribution < 1.29 is 10.2 Å². The van der Waals surface area contributed by atoms with E-state index in [4.69, 9.17) is 0 Å². The minimum absolute atomic E-state index is 0.360. The van der Waals surface area contributed by atoms with Gasteiger partial charge >= 0.3 is 0 Å². The van der Waals surface area contributed by atoms with Gasteiger partial charge in [0.05, 0.1) is 0 Å². The van der Waals surface area contributed by atoms with Crippen LogP contribution in [-0.2, 0) is 0 Å². The fraction of sp³-hybridized carbons (Fsp3) is 0.455. The molecule has 0 aliphatic heterocycles. The van der Waals surface area contributed by atoms with Gasteiger partial charge in [-0.15, -0.1) is 0 Å². The Labute approximate surface area is 144 Å². The SMILES string of the molecule is Cc1cc(C(c2ccc(O)c(C)c2)C2CC3CCC2C3)ccc1O. The van der Waals surface area contributed by atoms with E-state index in [2.05, 4.69) is 24.3 Å². The molecule has 4 rings (SSSR count). The van der Waals surface area contributed by atoms with Crippen LogP contribution < -0.4 is 0 Å². The largest absolute Gasteiger partial charge is 0.508 e. The summed E-state index contributed by atoms with van der Waals surface area (Å²) >= 11 is 0. The second-order valence-electron chi connectivity index (χ2n) is 7.91. The van der Waals surface area contributed by atoms with Gasteiger partial charge in [0, 0.05) is 5.92 Å². The Balaban J connectivity index is 1.79. The Kier molecular flexibility index (Phi) is 3.79. The minimum Gasteiger partial charge on any atom is -0.508 e. The zero-order valence-electron chi connectivity index (χ0n) is 14.5. The van der Waals surface area contributed by atoms with Crippen molar-refractivity contribution in [2.24, 2.45) is 17.8 Å². The van der Waals surface area contributed by atoms with E-state index in [0.717, 1.165) is 23.0 Å². The van der Waals surface area contributed by atoms with Crippen LogP contribution in [-0.4, -0.2) is 10.2 Å². The average molecular weight is 322 g/mol. The Bertz CT molecular complexity index is 713. The predicted molar refractivity (Wildman–Crippen MR) is 96.5 cm³/mol. The number of hydrogen-bond donors (Lipinski definition) is 2. The molecule has 2 aliphatic rings. The molecule has 2 aromatic carbocycles. The van der Waals surface area contributed by atoms with Gasteiger partial charge in [0.1, 0.15) is 11.5 Å². The van der Waals surface area contributed by atoms with Crippen LogP contribution >= 0.6 is 0 Å². The van der Waals surface area contributed by atoms with Crippen molar-refractivity contribution in [3.05, 3.63) is 58.7 Å². The van der Waals surface area contributed by atoms with Gasteiger partial charge in [-0.1, -0.05) is 30.7 Å². The van der Waals surface area contributed by atoms with Crippen molar-refractivity contribution in [3.63, 3.8) is 0 Å². The molecule has 126 valence electrons. The summed E-state index contributed by atoms with van der Waals surface area (Å²) in [6.45, 7) is 3.94. The van der Waals surface area contributed by atoms with E-state index in [1.54, 1.807) is 0 Å². The van der Waals surface area contributed by atoms with Crippen LogP contribution in [0.5, 0.6) is 11.5 Å². The Morgan fingerprint density at radius 3 is 1.83 bits per heavy atom. The van der Waals surface area contributed by atoms with Gasteiger partial charge in [-0.3, -0.25) is 0 Å². The molecule has 0 heterocycles. The molecule has 2 bridgehead atoms. The maximum absolute atomic E-state index is 9.91. The van der Waals surface area contributed by atoms with Crippen molar-refractivity contribution in [1.82, 2.24) is 0 Å². The van der Waals surface area contributed by atoms with Gasteiger partial charge in [-0.25, -0.2) is 0 Å². The molecule has 0 aromatic heterocycles. The van der Waals surface area contributed by atoms with Crippen molar-refractivity contribution >= 4 is 0 Å². The van der Waals surface area contributed by atoms with Gasteiger partial charge in [0.15, 0.2) is 0 Å². The lowest BCUT2D eigenvalue weighted by atomic mass is 9.72. The molecule has 2 heteroatoms. The molecule has 0 radical (unpaired) electrons. The Morgan fingerprint density at radius 1 is 0.833 bits per heavy atom. The summed E-state index contributed by atoms with van der Waals surface area (Å²) in [5.41, 5.74) is 4.48. The smallest absolute Gasteiger partial charge is 0.118 e. The zero-order chi connectivity index (χ0) is 16.8. The summed E-state index contributed by atoms with van der Waals surface area (Å²) in [7, 11) is 0. The van der Waals surface area contributed by atoms with E-state index in [-0.39, 0.29) is 0 Å².